The average molecular weight is 250 g/mol. The summed E-state index contributed by atoms with van der Waals surface area (Å²) in [5, 5.41) is 0. The van der Waals surface area contributed by atoms with Crippen LogP contribution < -0.4 is 9.47 Å². The number of hydrogen-bond donors (Lipinski definition) is 0. The van der Waals surface area contributed by atoms with Crippen LogP contribution in [0.4, 0.5) is 0 Å². The Morgan fingerprint density at radius 3 is 2.06 bits per heavy atom. The third kappa shape index (κ3) is 5.71. The topological polar surface area (TPSA) is 35.5 Å². The molecule has 0 heterocycles. The van der Waals surface area contributed by atoms with Gasteiger partial charge in [0.1, 0.15) is 17.3 Å². The van der Waals surface area contributed by atoms with Crippen molar-refractivity contribution in [2.75, 3.05) is 13.2 Å². The van der Waals surface area contributed by atoms with E-state index in [-0.39, 0.29) is 0 Å². The van der Waals surface area contributed by atoms with Crippen molar-refractivity contribution in [3.05, 3.63) is 24.3 Å². The standard InChI is InChI=1S/C15H22O3/c1-3-11-17-14-7-9-15(10-8-14)18-12-5-6-13(16)4-2/h7-10H,3-6,11-12H2,1-2H3. The van der Waals surface area contributed by atoms with Gasteiger partial charge in [-0.1, -0.05) is 13.8 Å². The Labute approximate surface area is 109 Å². The largest absolute Gasteiger partial charge is 0.494 e. The van der Waals surface area contributed by atoms with Gasteiger partial charge in [-0.15, -0.1) is 0 Å². The molecule has 100 valence electrons. The van der Waals surface area contributed by atoms with Crippen LogP contribution in [0.3, 0.4) is 0 Å². The summed E-state index contributed by atoms with van der Waals surface area (Å²) < 4.78 is 11.0. The van der Waals surface area contributed by atoms with E-state index in [1.54, 1.807) is 0 Å². The molecule has 1 aromatic rings. The van der Waals surface area contributed by atoms with Gasteiger partial charge in [-0.25, -0.2) is 0 Å². The maximum absolute atomic E-state index is 11.1. The Balaban J connectivity index is 2.24. The Bertz CT molecular complexity index is 343. The Hall–Kier alpha value is -1.51. The second-order valence-corrected chi connectivity index (χ2v) is 4.16. The fourth-order valence-corrected chi connectivity index (χ4v) is 1.49. The summed E-state index contributed by atoms with van der Waals surface area (Å²) in [6.07, 6.45) is 3.00. The monoisotopic (exact) mass is 250 g/mol. The molecule has 1 aromatic carbocycles. The van der Waals surface area contributed by atoms with Crippen LogP contribution in [0.25, 0.3) is 0 Å². The molecule has 0 aliphatic rings. The lowest BCUT2D eigenvalue weighted by Crippen LogP contribution is -2.02. The van der Waals surface area contributed by atoms with E-state index in [0.717, 1.165) is 30.9 Å². The van der Waals surface area contributed by atoms with Gasteiger partial charge in [0.05, 0.1) is 13.2 Å². The molecule has 3 nitrogen and oxygen atoms in total. The zero-order valence-electron chi connectivity index (χ0n) is 11.3. The van der Waals surface area contributed by atoms with E-state index in [1.165, 1.54) is 0 Å². The first kappa shape index (κ1) is 14.6. The first-order valence-electron chi connectivity index (χ1n) is 6.63. The molecule has 18 heavy (non-hydrogen) atoms. The Kier molecular flexibility index (Phi) is 6.92. The Morgan fingerprint density at radius 2 is 1.56 bits per heavy atom. The van der Waals surface area contributed by atoms with E-state index in [4.69, 9.17) is 9.47 Å². The van der Waals surface area contributed by atoms with Crippen molar-refractivity contribution in [2.24, 2.45) is 0 Å². The highest BCUT2D eigenvalue weighted by Gasteiger charge is 1.99. The van der Waals surface area contributed by atoms with E-state index in [9.17, 15) is 4.79 Å². The van der Waals surface area contributed by atoms with Crippen LogP contribution in [0.2, 0.25) is 0 Å². The summed E-state index contributed by atoms with van der Waals surface area (Å²) in [6.45, 7) is 5.29. The average Bonchev–Trinajstić information content (AvgIpc) is 2.42. The fraction of sp³-hybridized carbons (Fsp3) is 0.533. The minimum absolute atomic E-state index is 0.293. The molecule has 0 aromatic heterocycles. The van der Waals surface area contributed by atoms with Crippen molar-refractivity contribution in [2.45, 2.75) is 39.5 Å². The van der Waals surface area contributed by atoms with Crippen LogP contribution in [-0.4, -0.2) is 19.0 Å². The highest BCUT2D eigenvalue weighted by molar-refractivity contribution is 5.77. The maximum atomic E-state index is 11.1. The van der Waals surface area contributed by atoms with Gasteiger partial charge >= 0.3 is 0 Å². The number of carbonyl (C=O) groups is 1. The molecule has 0 saturated heterocycles. The fourth-order valence-electron chi connectivity index (χ4n) is 1.49. The van der Waals surface area contributed by atoms with E-state index in [2.05, 4.69) is 6.92 Å². The summed E-state index contributed by atoms with van der Waals surface area (Å²) in [5.74, 6) is 1.98. The zero-order valence-corrected chi connectivity index (χ0v) is 11.3. The molecule has 0 aliphatic carbocycles. The lowest BCUT2D eigenvalue weighted by molar-refractivity contribution is -0.118. The first-order valence-corrected chi connectivity index (χ1v) is 6.63. The van der Waals surface area contributed by atoms with Crippen LogP contribution >= 0.6 is 0 Å². The molecule has 1 rings (SSSR count). The van der Waals surface area contributed by atoms with Crippen molar-refractivity contribution in [1.29, 1.82) is 0 Å². The number of rotatable bonds is 9. The van der Waals surface area contributed by atoms with Gasteiger partial charge in [-0.05, 0) is 37.1 Å². The summed E-state index contributed by atoms with van der Waals surface area (Å²) in [7, 11) is 0. The number of benzene rings is 1. The van der Waals surface area contributed by atoms with Crippen molar-refractivity contribution in [1.82, 2.24) is 0 Å². The van der Waals surface area contributed by atoms with E-state index >= 15 is 0 Å². The lowest BCUT2D eigenvalue weighted by Gasteiger charge is -2.07. The van der Waals surface area contributed by atoms with Crippen molar-refractivity contribution in [3.63, 3.8) is 0 Å². The molecular formula is C15H22O3. The van der Waals surface area contributed by atoms with Gasteiger partial charge in [-0.2, -0.15) is 0 Å². The number of Topliss-reactive ketones (excluding diaryl/α,β-unsaturated/α-hetero) is 1. The molecule has 0 fully saturated rings. The van der Waals surface area contributed by atoms with Gasteiger partial charge < -0.3 is 9.47 Å². The minimum atomic E-state index is 0.293. The van der Waals surface area contributed by atoms with E-state index in [1.807, 2.05) is 31.2 Å². The van der Waals surface area contributed by atoms with Gasteiger partial charge in [0.25, 0.3) is 0 Å². The predicted molar refractivity (Wildman–Crippen MR) is 72.3 cm³/mol. The van der Waals surface area contributed by atoms with E-state index < -0.39 is 0 Å². The molecular weight excluding hydrogens is 228 g/mol. The quantitative estimate of drug-likeness (QED) is 0.628. The van der Waals surface area contributed by atoms with Crippen molar-refractivity contribution >= 4 is 5.78 Å². The number of carbonyl (C=O) groups excluding carboxylic acids is 1. The van der Waals surface area contributed by atoms with Gasteiger partial charge in [0.2, 0.25) is 0 Å². The minimum Gasteiger partial charge on any atom is -0.494 e. The normalized spacial score (nSPS) is 10.1. The van der Waals surface area contributed by atoms with Gasteiger partial charge in [-0.3, -0.25) is 4.79 Å². The summed E-state index contributed by atoms with van der Waals surface area (Å²) in [5.41, 5.74) is 0. The van der Waals surface area contributed by atoms with Crippen LogP contribution in [0.5, 0.6) is 11.5 Å². The molecule has 0 saturated carbocycles. The lowest BCUT2D eigenvalue weighted by atomic mass is 10.2. The summed E-state index contributed by atoms with van der Waals surface area (Å²) in [4.78, 5) is 11.1. The molecule has 0 atom stereocenters. The zero-order chi connectivity index (χ0) is 13.2. The molecule has 0 N–H and O–H groups in total. The molecule has 0 spiro atoms. The second kappa shape index (κ2) is 8.56. The molecule has 0 bridgehead atoms. The summed E-state index contributed by atoms with van der Waals surface area (Å²) in [6, 6.07) is 7.60. The molecule has 0 amide bonds. The van der Waals surface area contributed by atoms with Crippen LogP contribution in [0.15, 0.2) is 24.3 Å². The predicted octanol–water partition coefficient (Wildman–Crippen LogP) is 3.61. The van der Waals surface area contributed by atoms with Crippen LogP contribution in [0.1, 0.15) is 39.5 Å². The number of ketones is 1. The molecule has 0 radical (unpaired) electrons. The van der Waals surface area contributed by atoms with Crippen molar-refractivity contribution in [3.8, 4) is 11.5 Å². The molecule has 0 unspecified atom stereocenters. The third-order valence-electron chi connectivity index (χ3n) is 2.56. The molecule has 3 heteroatoms. The number of ether oxygens (including phenoxy) is 2. The smallest absolute Gasteiger partial charge is 0.132 e. The SMILES string of the molecule is CCCOc1ccc(OCCCC(=O)CC)cc1. The second-order valence-electron chi connectivity index (χ2n) is 4.16. The van der Waals surface area contributed by atoms with Crippen LogP contribution in [0, 0.1) is 0 Å². The highest BCUT2D eigenvalue weighted by atomic mass is 16.5. The first-order chi connectivity index (χ1) is 8.76. The van der Waals surface area contributed by atoms with Crippen molar-refractivity contribution < 1.29 is 14.3 Å². The number of hydrogen-bond acceptors (Lipinski definition) is 3. The van der Waals surface area contributed by atoms with Gasteiger partial charge in [0, 0.05) is 12.8 Å². The Morgan fingerprint density at radius 1 is 1.00 bits per heavy atom. The van der Waals surface area contributed by atoms with Gasteiger partial charge in [0.15, 0.2) is 0 Å². The summed E-state index contributed by atoms with van der Waals surface area (Å²) >= 11 is 0. The maximum Gasteiger partial charge on any atom is 0.132 e. The highest BCUT2D eigenvalue weighted by Crippen LogP contribution is 2.17. The third-order valence-corrected chi connectivity index (χ3v) is 2.56. The molecule has 0 aliphatic heterocycles. The van der Waals surface area contributed by atoms with E-state index in [0.29, 0.717) is 25.2 Å². The van der Waals surface area contributed by atoms with Crippen LogP contribution in [-0.2, 0) is 4.79 Å².